The average molecular weight is 515 g/mol. The predicted molar refractivity (Wildman–Crippen MR) is 122 cm³/mol. The van der Waals surface area contributed by atoms with Crippen molar-refractivity contribution in [3.05, 3.63) is 63.1 Å². The van der Waals surface area contributed by atoms with Crippen molar-refractivity contribution in [2.24, 2.45) is 12.2 Å². The summed E-state index contributed by atoms with van der Waals surface area (Å²) in [7, 11) is -0.974. The van der Waals surface area contributed by atoms with E-state index in [9.17, 15) is 8.42 Å². The van der Waals surface area contributed by atoms with Crippen molar-refractivity contribution < 1.29 is 13.2 Å². The first-order valence-electron chi connectivity index (χ1n) is 8.79. The number of thioether (sulfide) groups is 1. The number of hydrogen-bond donors (Lipinski definition) is 1. The number of imidazole rings is 1. The van der Waals surface area contributed by atoms with Crippen LogP contribution in [0.4, 0.5) is 5.82 Å². The van der Waals surface area contributed by atoms with Crippen LogP contribution in [-0.4, -0.2) is 40.8 Å². The molecule has 1 aromatic carbocycles. The molecular weight excluding hydrogens is 499 g/mol. The summed E-state index contributed by atoms with van der Waals surface area (Å²) in [5.74, 6) is 0.756. The van der Waals surface area contributed by atoms with Gasteiger partial charge in [-0.3, -0.25) is 4.72 Å². The highest BCUT2D eigenvalue weighted by molar-refractivity contribution is 7.99. The number of azide groups is 1. The Morgan fingerprint density at radius 2 is 2.16 bits per heavy atom. The highest BCUT2D eigenvalue weighted by Crippen LogP contribution is 2.32. The molecule has 0 fully saturated rings. The quantitative estimate of drug-likeness (QED) is 0.191. The predicted octanol–water partition coefficient (Wildman–Crippen LogP) is 4.47. The first-order valence-corrected chi connectivity index (χ1v) is 12.0. The Kier molecular flexibility index (Phi) is 7.69. The van der Waals surface area contributed by atoms with Gasteiger partial charge in [-0.2, -0.15) is 0 Å². The van der Waals surface area contributed by atoms with Gasteiger partial charge in [0.2, 0.25) is 5.82 Å². The third-order valence-corrected chi connectivity index (χ3v) is 7.37. The Hall–Kier alpha value is -2.70. The van der Waals surface area contributed by atoms with Crippen molar-refractivity contribution >= 4 is 50.8 Å². The summed E-state index contributed by atoms with van der Waals surface area (Å²) in [5.41, 5.74) is 8.86. The van der Waals surface area contributed by atoms with E-state index >= 15 is 0 Å². The second-order valence-corrected chi connectivity index (χ2v) is 9.63. The first kappa shape index (κ1) is 24.0. The van der Waals surface area contributed by atoms with Gasteiger partial charge >= 0.3 is 0 Å². The van der Waals surface area contributed by atoms with Crippen LogP contribution >= 0.6 is 35.0 Å². The zero-order chi connectivity index (χ0) is 23.3. The molecule has 0 aliphatic heterocycles. The molecule has 11 nitrogen and oxygen atoms in total. The van der Waals surface area contributed by atoms with Crippen LogP contribution in [-0.2, 0) is 17.1 Å². The molecule has 3 aromatic rings. The normalized spacial score (nSPS) is 12.1. The third-order valence-electron chi connectivity index (χ3n) is 4.09. The van der Waals surface area contributed by atoms with Gasteiger partial charge in [-0.1, -0.05) is 34.4 Å². The van der Waals surface area contributed by atoms with E-state index in [4.69, 9.17) is 33.5 Å². The number of halogens is 2. The average Bonchev–Trinajstić information content (AvgIpc) is 3.19. The minimum atomic E-state index is -4.10. The van der Waals surface area contributed by atoms with Crippen LogP contribution in [0.2, 0.25) is 10.0 Å². The number of sulfonamides is 1. The Labute approximate surface area is 197 Å². The number of benzene rings is 1. The summed E-state index contributed by atoms with van der Waals surface area (Å²) in [4.78, 5) is 15.3. The van der Waals surface area contributed by atoms with Crippen molar-refractivity contribution in [3.63, 3.8) is 0 Å². The maximum Gasteiger partial charge on any atom is 0.264 e. The summed E-state index contributed by atoms with van der Waals surface area (Å²) in [5, 5.41) is 4.20. The number of nitrogens with one attached hydrogen (secondary N) is 1. The summed E-state index contributed by atoms with van der Waals surface area (Å²) in [6.07, 6.45) is 4.72. The number of nitrogens with zero attached hydrogens (tertiary/aromatic N) is 7. The number of aromatic nitrogens is 4. The smallest absolute Gasteiger partial charge is 0.264 e. The Balaban J connectivity index is 1.81. The monoisotopic (exact) mass is 514 g/mol. The lowest BCUT2D eigenvalue weighted by Crippen LogP contribution is -2.16. The molecule has 0 saturated heterocycles. The molecule has 0 aliphatic carbocycles. The SMILES string of the molecule is COc1nc(SCC(N=[N+]=[N-])c2nccn2C)cnc1NS(=O)(=O)c1cccc(Cl)c1Cl. The molecule has 3 rings (SSSR count). The van der Waals surface area contributed by atoms with Crippen molar-refractivity contribution in [1.82, 2.24) is 19.5 Å². The van der Waals surface area contributed by atoms with Gasteiger partial charge in [0.05, 0.1) is 23.4 Å². The highest BCUT2D eigenvalue weighted by atomic mass is 35.5. The Morgan fingerprint density at radius 3 is 2.81 bits per heavy atom. The van der Waals surface area contributed by atoms with Gasteiger partial charge in [0.25, 0.3) is 15.9 Å². The maximum absolute atomic E-state index is 12.7. The van der Waals surface area contributed by atoms with Crippen LogP contribution in [0.1, 0.15) is 11.9 Å². The lowest BCUT2D eigenvalue weighted by Gasteiger charge is -2.13. The van der Waals surface area contributed by atoms with Gasteiger partial charge in [-0.05, 0) is 17.7 Å². The zero-order valence-electron chi connectivity index (χ0n) is 16.7. The molecule has 1 unspecified atom stereocenters. The number of aryl methyl sites for hydroxylation is 1. The zero-order valence-corrected chi connectivity index (χ0v) is 19.8. The molecule has 1 atom stereocenters. The van der Waals surface area contributed by atoms with E-state index in [2.05, 4.69) is 29.7 Å². The first-order chi connectivity index (χ1) is 15.3. The summed E-state index contributed by atoms with van der Waals surface area (Å²) in [6, 6.07) is 3.71. The van der Waals surface area contributed by atoms with Crippen molar-refractivity contribution in [2.75, 3.05) is 17.6 Å². The van der Waals surface area contributed by atoms with E-state index < -0.39 is 16.1 Å². The number of hydrogen-bond acceptors (Lipinski definition) is 8. The molecule has 2 aromatic heterocycles. The van der Waals surface area contributed by atoms with Crippen LogP contribution in [0, 0.1) is 0 Å². The molecule has 32 heavy (non-hydrogen) atoms. The van der Waals surface area contributed by atoms with E-state index in [1.54, 1.807) is 24.0 Å². The van der Waals surface area contributed by atoms with Crippen LogP contribution in [0.3, 0.4) is 0 Å². The summed E-state index contributed by atoms with van der Waals surface area (Å²) >= 11 is 13.2. The molecule has 0 saturated carbocycles. The fourth-order valence-electron chi connectivity index (χ4n) is 2.60. The molecular formula is C17H16Cl2N8O3S2. The maximum atomic E-state index is 12.7. The number of anilines is 1. The third kappa shape index (κ3) is 5.37. The molecule has 0 bridgehead atoms. The number of methoxy groups -OCH3 is 1. The second-order valence-electron chi connectivity index (χ2n) is 6.15. The molecule has 0 aliphatic rings. The van der Waals surface area contributed by atoms with Crippen LogP contribution < -0.4 is 9.46 Å². The van der Waals surface area contributed by atoms with Crippen molar-refractivity contribution in [2.45, 2.75) is 16.0 Å². The minimum Gasteiger partial charge on any atom is -0.478 e. The topological polar surface area (TPSA) is 148 Å². The summed E-state index contributed by atoms with van der Waals surface area (Å²) < 4.78 is 34.7. The standard InChI is InChI=1S/C17H16Cl2N8O3S2/c1-27-7-6-21-16(27)11(24-26-20)9-31-13-8-22-15(17(23-13)30-2)25-32(28,29)12-5-3-4-10(18)14(12)19/h3-8,11H,9H2,1-2H3,(H,22,25). The van der Waals surface area contributed by atoms with Crippen molar-refractivity contribution in [3.8, 4) is 5.88 Å². The lowest BCUT2D eigenvalue weighted by molar-refractivity contribution is 0.394. The molecule has 1 N–H and O–H groups in total. The van der Waals surface area contributed by atoms with Gasteiger partial charge in [0.1, 0.15) is 21.8 Å². The Morgan fingerprint density at radius 1 is 1.38 bits per heavy atom. The van der Waals surface area contributed by atoms with E-state index in [0.717, 1.165) is 0 Å². The van der Waals surface area contributed by atoms with Gasteiger partial charge in [-0.25, -0.2) is 23.4 Å². The van der Waals surface area contributed by atoms with Gasteiger partial charge < -0.3 is 9.30 Å². The van der Waals surface area contributed by atoms with E-state index in [1.165, 1.54) is 43.3 Å². The fourth-order valence-corrected chi connectivity index (χ4v) is 5.19. The van der Waals surface area contributed by atoms with Crippen LogP contribution in [0.5, 0.6) is 5.88 Å². The van der Waals surface area contributed by atoms with E-state index in [0.29, 0.717) is 16.6 Å². The van der Waals surface area contributed by atoms with E-state index in [-0.39, 0.29) is 26.6 Å². The van der Waals surface area contributed by atoms with Crippen LogP contribution in [0.15, 0.2) is 51.8 Å². The molecule has 168 valence electrons. The molecule has 2 heterocycles. The highest BCUT2D eigenvalue weighted by Gasteiger charge is 2.23. The molecule has 0 amide bonds. The lowest BCUT2D eigenvalue weighted by atomic mass is 10.3. The van der Waals surface area contributed by atoms with Gasteiger partial charge in [-0.15, -0.1) is 11.8 Å². The van der Waals surface area contributed by atoms with Crippen molar-refractivity contribution in [1.29, 1.82) is 0 Å². The minimum absolute atomic E-state index is 0.0472. The van der Waals surface area contributed by atoms with E-state index in [1.807, 2.05) is 0 Å². The van der Waals surface area contributed by atoms with Gasteiger partial charge in [0, 0.05) is 30.1 Å². The van der Waals surface area contributed by atoms with Crippen LogP contribution in [0.25, 0.3) is 10.4 Å². The number of ether oxygens (including phenoxy) is 1. The second kappa shape index (κ2) is 10.3. The molecule has 0 radical (unpaired) electrons. The summed E-state index contributed by atoms with van der Waals surface area (Å²) in [6.45, 7) is 0. The van der Waals surface area contributed by atoms with Gasteiger partial charge in [0.15, 0.2) is 0 Å². The molecule has 15 heteroatoms. The number of rotatable bonds is 9. The fraction of sp³-hybridized carbons (Fsp3) is 0.235. The Bertz CT molecular complexity index is 1280. The molecule has 0 spiro atoms. The largest absolute Gasteiger partial charge is 0.478 e.